The van der Waals surface area contributed by atoms with Gasteiger partial charge in [-0.05, 0) is 48.5 Å². The zero-order valence-electron chi connectivity index (χ0n) is 23.2. The van der Waals surface area contributed by atoms with E-state index >= 15 is 35.1 Å². The Morgan fingerprint density at radius 2 is 0.312 bits per heavy atom. The van der Waals surface area contributed by atoms with E-state index in [-0.39, 0.29) is 0 Å². The fourth-order valence-corrected chi connectivity index (χ4v) is 5.85. The van der Waals surface area contributed by atoms with E-state index in [1.807, 2.05) is 0 Å². The van der Waals surface area contributed by atoms with Gasteiger partial charge in [0, 0.05) is 0 Å². The van der Waals surface area contributed by atoms with Crippen molar-refractivity contribution in [2.24, 2.45) is 39.9 Å². The Hall–Kier alpha value is -6.32. The average molecular weight is 656 g/mol. The fourth-order valence-electron chi connectivity index (χ4n) is 5.85. The summed E-state index contributed by atoms with van der Waals surface area (Å²) in [6, 6.07) is 6.12. The van der Waals surface area contributed by atoms with E-state index in [4.69, 9.17) is 0 Å². The first kappa shape index (κ1) is 27.9. The van der Waals surface area contributed by atoms with E-state index in [1.54, 1.807) is 0 Å². The molecular formula is C32H8F8N8. The van der Waals surface area contributed by atoms with Gasteiger partial charge in [-0.15, -0.1) is 0 Å². The molecule has 5 heterocycles. The predicted octanol–water partition coefficient (Wildman–Crippen LogP) is 5.94. The minimum absolute atomic E-state index is 0.553. The first-order valence-corrected chi connectivity index (χ1v) is 13.7. The van der Waals surface area contributed by atoms with Crippen LogP contribution in [0.25, 0.3) is 0 Å². The van der Waals surface area contributed by atoms with Crippen LogP contribution in [-0.2, 0) is 0 Å². The van der Waals surface area contributed by atoms with Crippen LogP contribution < -0.4 is 0 Å². The lowest BCUT2D eigenvalue weighted by Crippen LogP contribution is -2.09. The second-order valence-electron chi connectivity index (χ2n) is 10.6. The maximum atomic E-state index is 15.3. The molecule has 5 aliphatic heterocycles. The second-order valence-corrected chi connectivity index (χ2v) is 10.6. The molecule has 16 heteroatoms. The molecule has 0 unspecified atom stereocenters. The molecule has 5 aliphatic rings. The van der Waals surface area contributed by atoms with E-state index < -0.39 is 138 Å². The van der Waals surface area contributed by atoms with Gasteiger partial charge in [-0.1, -0.05) is 0 Å². The third-order valence-corrected chi connectivity index (χ3v) is 7.90. The van der Waals surface area contributed by atoms with E-state index in [2.05, 4.69) is 39.9 Å². The SMILES string of the molecule is Fc1ccc(F)c2c1C1=NC2=NC2=NC(=NC3=NC(=NC4=NC(=N1)c1c(F)ccc(F)c14)c1c(F)ccc(F)c13)c1c(F)ccc(F)c12. The Morgan fingerprint density at radius 1 is 0.208 bits per heavy atom. The lowest BCUT2D eigenvalue weighted by Gasteiger charge is -2.06. The highest BCUT2D eigenvalue weighted by molar-refractivity contribution is 6.35. The number of hydrogen-bond donors (Lipinski definition) is 0. The quantitative estimate of drug-likeness (QED) is 0.210. The smallest absolute Gasteiger partial charge is 0.167 e. The molecule has 0 radical (unpaired) electrons. The Balaban J connectivity index is 1.43. The van der Waals surface area contributed by atoms with Gasteiger partial charge in [-0.25, -0.2) is 75.1 Å². The molecule has 9 rings (SSSR count). The molecule has 0 spiro atoms. The third kappa shape index (κ3) is 3.76. The van der Waals surface area contributed by atoms with E-state index in [1.165, 1.54) is 0 Å². The Labute approximate surface area is 261 Å². The van der Waals surface area contributed by atoms with Crippen LogP contribution >= 0.6 is 0 Å². The number of benzene rings is 4. The molecule has 0 aliphatic carbocycles. The van der Waals surface area contributed by atoms with E-state index in [0.29, 0.717) is 0 Å². The first-order valence-electron chi connectivity index (χ1n) is 13.7. The molecule has 8 nitrogen and oxygen atoms in total. The molecule has 0 saturated carbocycles. The summed E-state index contributed by atoms with van der Waals surface area (Å²) in [5, 5.41) is 0. The molecule has 48 heavy (non-hydrogen) atoms. The van der Waals surface area contributed by atoms with Gasteiger partial charge in [-0.2, -0.15) is 0 Å². The van der Waals surface area contributed by atoms with Crippen molar-refractivity contribution in [2.45, 2.75) is 0 Å². The molecule has 232 valence electrons. The normalized spacial score (nSPS) is 16.5. The Morgan fingerprint density at radius 3 is 0.417 bits per heavy atom. The zero-order chi connectivity index (χ0) is 33.2. The van der Waals surface area contributed by atoms with Gasteiger partial charge >= 0.3 is 0 Å². The van der Waals surface area contributed by atoms with E-state index in [9.17, 15) is 0 Å². The molecule has 0 fully saturated rings. The van der Waals surface area contributed by atoms with Gasteiger partial charge in [0.25, 0.3) is 0 Å². The topological polar surface area (TPSA) is 98.9 Å². The number of rotatable bonds is 0. The van der Waals surface area contributed by atoms with Crippen molar-refractivity contribution in [3.8, 4) is 0 Å². The zero-order valence-corrected chi connectivity index (χ0v) is 23.2. The van der Waals surface area contributed by atoms with Crippen molar-refractivity contribution in [1.82, 2.24) is 0 Å². The highest BCUT2D eigenvalue weighted by Crippen LogP contribution is 2.34. The van der Waals surface area contributed by atoms with Gasteiger partial charge < -0.3 is 0 Å². The van der Waals surface area contributed by atoms with Gasteiger partial charge in [0.15, 0.2) is 46.7 Å². The van der Waals surface area contributed by atoms with Crippen molar-refractivity contribution >= 4 is 46.7 Å². The third-order valence-electron chi connectivity index (χ3n) is 7.90. The monoisotopic (exact) mass is 656 g/mol. The molecule has 0 atom stereocenters. The largest absolute Gasteiger partial charge is 0.208 e. The predicted molar refractivity (Wildman–Crippen MR) is 158 cm³/mol. The molecule has 0 amide bonds. The maximum Gasteiger partial charge on any atom is 0.167 e. The summed E-state index contributed by atoms with van der Waals surface area (Å²) in [6.07, 6.45) is 0. The molecule has 0 saturated heterocycles. The standard InChI is InChI=1S/C32H8F8N8/c33-9-1-2-10(34)18-17(9)25-41-26(18)46-28-21-13(37)5-6-14(38)22(21)30(43-28)48-32-24-16(40)8-7-15(39)23(24)31(44-32)47-29-20-12(36)4-3-11(35)19(20)27(42-29)45-25/h1-8H. The van der Waals surface area contributed by atoms with E-state index in [0.717, 1.165) is 48.5 Å². The lowest BCUT2D eigenvalue weighted by atomic mass is 10.0. The lowest BCUT2D eigenvalue weighted by molar-refractivity contribution is 0.596. The summed E-state index contributed by atoms with van der Waals surface area (Å²) in [6.45, 7) is 0. The maximum absolute atomic E-state index is 15.3. The molecule has 0 aromatic heterocycles. The molecule has 4 aromatic carbocycles. The Kier molecular flexibility index (Phi) is 5.59. The number of nitrogens with zero attached hydrogens (tertiary/aromatic N) is 8. The van der Waals surface area contributed by atoms with Crippen molar-refractivity contribution in [2.75, 3.05) is 0 Å². The first-order chi connectivity index (χ1) is 23.1. The highest BCUT2D eigenvalue weighted by atomic mass is 19.2. The van der Waals surface area contributed by atoms with Gasteiger partial charge in [-0.3, -0.25) is 0 Å². The van der Waals surface area contributed by atoms with Crippen LogP contribution in [0.1, 0.15) is 44.5 Å². The average Bonchev–Trinajstić information content (AvgIpc) is 3.80. The number of hydrogen-bond acceptors (Lipinski definition) is 8. The van der Waals surface area contributed by atoms with Gasteiger partial charge in [0.05, 0.1) is 44.5 Å². The van der Waals surface area contributed by atoms with Crippen LogP contribution in [0.2, 0.25) is 0 Å². The second kappa shape index (κ2) is 9.60. The summed E-state index contributed by atoms with van der Waals surface area (Å²) in [4.78, 5) is 33.0. The minimum atomic E-state index is -1.05. The molecular weight excluding hydrogens is 648 g/mol. The highest BCUT2D eigenvalue weighted by Gasteiger charge is 2.38. The number of amidine groups is 8. The molecule has 0 N–H and O–H groups in total. The number of aliphatic imine (C=N–C) groups is 8. The van der Waals surface area contributed by atoms with Crippen LogP contribution in [0.3, 0.4) is 0 Å². The minimum Gasteiger partial charge on any atom is -0.208 e. The summed E-state index contributed by atoms with van der Waals surface area (Å²) in [5.74, 6) is -13.1. The summed E-state index contributed by atoms with van der Waals surface area (Å²) in [7, 11) is 0. The van der Waals surface area contributed by atoms with Crippen LogP contribution in [0.5, 0.6) is 0 Å². The Bertz CT molecular complexity index is 2180. The fraction of sp³-hybridized carbons (Fsp3) is 0. The number of halogens is 8. The molecule has 4 aromatic rings. The van der Waals surface area contributed by atoms with Crippen LogP contribution in [0.15, 0.2) is 88.5 Å². The van der Waals surface area contributed by atoms with Crippen LogP contribution in [0.4, 0.5) is 35.1 Å². The molecule has 8 bridgehead atoms. The van der Waals surface area contributed by atoms with Crippen molar-refractivity contribution in [3.05, 3.63) is 140 Å². The van der Waals surface area contributed by atoms with Crippen LogP contribution in [-0.4, -0.2) is 46.7 Å². The summed E-state index contributed by atoms with van der Waals surface area (Å²) in [5.41, 5.74) is -4.43. The van der Waals surface area contributed by atoms with Crippen molar-refractivity contribution < 1.29 is 35.1 Å². The van der Waals surface area contributed by atoms with Crippen molar-refractivity contribution in [3.63, 3.8) is 0 Å². The summed E-state index contributed by atoms with van der Waals surface area (Å²) < 4.78 is 122. The van der Waals surface area contributed by atoms with Gasteiger partial charge in [0.2, 0.25) is 0 Å². The summed E-state index contributed by atoms with van der Waals surface area (Å²) >= 11 is 0. The van der Waals surface area contributed by atoms with Crippen molar-refractivity contribution in [1.29, 1.82) is 0 Å². The van der Waals surface area contributed by atoms with Gasteiger partial charge in [0.1, 0.15) is 46.5 Å². The van der Waals surface area contributed by atoms with Crippen LogP contribution in [0, 0.1) is 46.5 Å². The number of fused-ring (bicyclic) bond motifs is 16.